The molecular weight excluding hydrogens is 743 g/mol. The Bertz CT molecular complexity index is 4000. The molecule has 0 amide bonds. The zero-order valence-corrected chi connectivity index (χ0v) is 32.8. The van der Waals surface area contributed by atoms with Gasteiger partial charge in [-0.25, -0.2) is 9.97 Å². The molecule has 282 valence electrons. The number of aromatic nitrogens is 5. The fourth-order valence-corrected chi connectivity index (χ4v) is 10.4. The molecule has 13 aromatic rings. The third-order valence-corrected chi connectivity index (χ3v) is 13.0. The number of para-hydroxylation sites is 7. The van der Waals surface area contributed by atoms with Crippen LogP contribution in [0.1, 0.15) is 0 Å². The van der Waals surface area contributed by atoms with Gasteiger partial charge in [0.15, 0.2) is 5.82 Å². The van der Waals surface area contributed by atoms with Crippen LogP contribution in [0.3, 0.4) is 0 Å². The van der Waals surface area contributed by atoms with Gasteiger partial charge in [0, 0.05) is 54.7 Å². The van der Waals surface area contributed by atoms with Crippen LogP contribution in [0.5, 0.6) is 0 Å². The monoisotopic (exact) mass is 775 g/mol. The highest BCUT2D eigenvalue weighted by Gasteiger charge is 2.27. The van der Waals surface area contributed by atoms with Gasteiger partial charge in [0.25, 0.3) is 0 Å². The van der Waals surface area contributed by atoms with E-state index in [1.165, 1.54) is 76.8 Å². The van der Waals surface area contributed by atoms with Gasteiger partial charge in [0.05, 0.1) is 49.8 Å². The normalized spacial score (nSPS) is 12.3. The van der Waals surface area contributed by atoms with Gasteiger partial charge in [0.1, 0.15) is 5.69 Å². The van der Waals surface area contributed by atoms with Gasteiger partial charge in [-0.1, -0.05) is 133 Å². The summed E-state index contributed by atoms with van der Waals surface area (Å²) in [7, 11) is 0. The molecule has 0 spiro atoms. The molecule has 5 heteroatoms. The Labute approximate surface area is 349 Å². The fraction of sp³-hybridized carbons (Fsp3) is 0. The van der Waals surface area contributed by atoms with E-state index >= 15 is 0 Å². The van der Waals surface area contributed by atoms with Crippen molar-refractivity contribution >= 4 is 76.5 Å². The summed E-state index contributed by atoms with van der Waals surface area (Å²) < 4.78 is 7.22. The van der Waals surface area contributed by atoms with Gasteiger partial charge in [-0.2, -0.15) is 0 Å². The summed E-state index contributed by atoms with van der Waals surface area (Å²) in [6, 6.07) is 72.4. The molecule has 0 atom stereocenters. The maximum Gasteiger partial charge on any atom is 0.165 e. The maximum absolute atomic E-state index is 5.53. The van der Waals surface area contributed by atoms with Crippen LogP contribution in [0, 0.1) is 0 Å². The minimum atomic E-state index is 0.806. The van der Waals surface area contributed by atoms with Crippen LogP contribution in [0.15, 0.2) is 200 Å². The Morgan fingerprint density at radius 3 is 1.64 bits per heavy atom. The number of benzene rings is 9. The third kappa shape index (κ3) is 4.44. The van der Waals surface area contributed by atoms with E-state index < -0.39 is 0 Å². The molecule has 0 bridgehead atoms. The van der Waals surface area contributed by atoms with E-state index in [2.05, 4.69) is 202 Å². The summed E-state index contributed by atoms with van der Waals surface area (Å²) in [6.07, 6.45) is 0. The molecule has 0 aliphatic carbocycles. The Hall–Kier alpha value is -8.28. The van der Waals surface area contributed by atoms with Crippen molar-refractivity contribution in [3.05, 3.63) is 200 Å². The predicted molar refractivity (Wildman–Crippen MR) is 252 cm³/mol. The van der Waals surface area contributed by atoms with Crippen molar-refractivity contribution in [2.24, 2.45) is 0 Å². The molecule has 0 radical (unpaired) electrons. The summed E-state index contributed by atoms with van der Waals surface area (Å²) in [5, 5.41) is 7.14. The Kier molecular flexibility index (Phi) is 6.49. The van der Waals surface area contributed by atoms with Crippen LogP contribution in [0.2, 0.25) is 0 Å². The maximum atomic E-state index is 5.53. The van der Waals surface area contributed by atoms with Gasteiger partial charge in [-0.3, -0.25) is 4.57 Å². The summed E-state index contributed by atoms with van der Waals surface area (Å²) in [5.74, 6) is 0.806. The molecule has 1 aliphatic heterocycles. The lowest BCUT2D eigenvalue weighted by Gasteiger charge is -2.14. The molecule has 4 aromatic heterocycles. The van der Waals surface area contributed by atoms with E-state index in [4.69, 9.17) is 9.97 Å². The van der Waals surface area contributed by atoms with Crippen molar-refractivity contribution in [3.8, 4) is 50.7 Å². The largest absolute Gasteiger partial charge is 0.309 e. The smallest absolute Gasteiger partial charge is 0.165 e. The van der Waals surface area contributed by atoms with Crippen molar-refractivity contribution in [2.45, 2.75) is 0 Å². The number of nitrogens with zero attached hydrogens (tertiary/aromatic N) is 5. The SMILES string of the molecule is c1ccc(-n2c3ccccc3c3cc(-c4nc5ccccc5nc4-n4c5ccccc5c5cc6c(cc54)c4cccc5c4n6-c4ccccc4-c4ccccc4-5)ccc32)cc1. The van der Waals surface area contributed by atoms with Crippen molar-refractivity contribution in [3.63, 3.8) is 0 Å². The zero-order valence-electron chi connectivity index (χ0n) is 32.8. The van der Waals surface area contributed by atoms with Crippen LogP contribution in [0.4, 0.5) is 0 Å². The molecule has 1 aliphatic rings. The highest BCUT2D eigenvalue weighted by atomic mass is 15.1. The van der Waals surface area contributed by atoms with E-state index in [9.17, 15) is 0 Å². The van der Waals surface area contributed by atoms with Crippen LogP contribution in [-0.2, 0) is 0 Å². The average molecular weight is 776 g/mol. The zero-order chi connectivity index (χ0) is 39.8. The first-order chi connectivity index (χ1) is 30.3. The van der Waals surface area contributed by atoms with E-state index in [1.54, 1.807) is 0 Å². The summed E-state index contributed by atoms with van der Waals surface area (Å²) in [6.45, 7) is 0. The van der Waals surface area contributed by atoms with Gasteiger partial charge < -0.3 is 9.13 Å². The molecule has 61 heavy (non-hydrogen) atoms. The van der Waals surface area contributed by atoms with Crippen LogP contribution in [-0.4, -0.2) is 23.7 Å². The van der Waals surface area contributed by atoms with Crippen LogP contribution in [0.25, 0.3) is 127 Å². The second-order valence-electron chi connectivity index (χ2n) is 16.1. The highest BCUT2D eigenvalue weighted by Crippen LogP contribution is 2.48. The van der Waals surface area contributed by atoms with E-state index in [0.29, 0.717) is 0 Å². The van der Waals surface area contributed by atoms with Gasteiger partial charge >= 0.3 is 0 Å². The molecule has 0 fully saturated rings. The Morgan fingerprint density at radius 1 is 0.311 bits per heavy atom. The van der Waals surface area contributed by atoms with E-state index in [-0.39, 0.29) is 0 Å². The quantitative estimate of drug-likeness (QED) is 0.179. The second-order valence-corrected chi connectivity index (χ2v) is 16.1. The second kappa shape index (κ2) is 12.1. The molecule has 5 heterocycles. The lowest BCUT2D eigenvalue weighted by Crippen LogP contribution is -2.03. The Morgan fingerprint density at radius 2 is 0.852 bits per heavy atom. The van der Waals surface area contributed by atoms with Crippen LogP contribution >= 0.6 is 0 Å². The van der Waals surface area contributed by atoms with Gasteiger partial charge in [-0.05, 0) is 77.9 Å². The molecule has 0 N–H and O–H groups in total. The summed E-state index contributed by atoms with van der Waals surface area (Å²) in [5.41, 5.74) is 17.8. The molecule has 9 aromatic carbocycles. The minimum Gasteiger partial charge on any atom is -0.309 e. The van der Waals surface area contributed by atoms with E-state index in [0.717, 1.165) is 50.3 Å². The molecule has 0 unspecified atom stereocenters. The number of rotatable bonds is 3. The molecule has 14 rings (SSSR count). The first-order valence-electron chi connectivity index (χ1n) is 20.8. The minimum absolute atomic E-state index is 0.806. The van der Waals surface area contributed by atoms with Gasteiger partial charge in [-0.15, -0.1) is 0 Å². The van der Waals surface area contributed by atoms with Gasteiger partial charge in [0.2, 0.25) is 0 Å². The van der Waals surface area contributed by atoms with Crippen molar-refractivity contribution in [1.29, 1.82) is 0 Å². The topological polar surface area (TPSA) is 40.6 Å². The predicted octanol–water partition coefficient (Wildman–Crippen LogP) is 14.2. The molecule has 0 saturated heterocycles. The number of hydrogen-bond donors (Lipinski definition) is 0. The summed E-state index contributed by atoms with van der Waals surface area (Å²) in [4.78, 5) is 11.0. The van der Waals surface area contributed by atoms with E-state index in [1.807, 2.05) is 12.1 Å². The summed E-state index contributed by atoms with van der Waals surface area (Å²) >= 11 is 0. The van der Waals surface area contributed by atoms with Crippen LogP contribution < -0.4 is 0 Å². The number of fused-ring (bicyclic) bond motifs is 15. The van der Waals surface area contributed by atoms with Crippen molar-refractivity contribution in [2.75, 3.05) is 0 Å². The lowest BCUT2D eigenvalue weighted by atomic mass is 9.94. The standard InChI is InChI=1S/C56H33N5/c1-2-15-35(16-3-1)59-48-26-11-7-20-39(48)43-31-34(29-30-51(43)59)54-56(58-47-25-10-9-24-46(47)57-54)61-50-28-13-8-21-40(50)44-32-52-45(33-53(44)61)42-23-14-22-41-37-18-5-4-17-36(37)38-19-6-12-27-49(38)60(52)55(41)42/h1-33H. The van der Waals surface area contributed by atoms with Crippen molar-refractivity contribution in [1.82, 2.24) is 23.7 Å². The van der Waals surface area contributed by atoms with Crippen molar-refractivity contribution < 1.29 is 0 Å². The Balaban J connectivity index is 1.09. The molecule has 5 nitrogen and oxygen atoms in total. The first kappa shape index (κ1) is 32.7. The molecule has 0 saturated carbocycles. The third-order valence-electron chi connectivity index (χ3n) is 13.0. The average Bonchev–Trinajstić information content (AvgIpc) is 3.92. The molecular formula is C56H33N5. The highest BCUT2D eigenvalue weighted by molar-refractivity contribution is 6.22. The number of hydrogen-bond acceptors (Lipinski definition) is 2. The lowest BCUT2D eigenvalue weighted by molar-refractivity contribution is 1.08. The first-order valence-corrected chi connectivity index (χ1v) is 20.8. The fourth-order valence-electron chi connectivity index (χ4n) is 10.4.